The van der Waals surface area contributed by atoms with E-state index in [4.69, 9.17) is 19.5 Å². The molecule has 0 saturated carbocycles. The first-order valence-corrected chi connectivity index (χ1v) is 8.68. The molecule has 28 heavy (non-hydrogen) atoms. The van der Waals surface area contributed by atoms with Crippen molar-refractivity contribution in [2.45, 2.75) is 25.9 Å². The van der Waals surface area contributed by atoms with Crippen LogP contribution in [0.5, 0.6) is 11.5 Å². The van der Waals surface area contributed by atoms with Gasteiger partial charge in [0.1, 0.15) is 0 Å². The Balaban J connectivity index is 1.86. The minimum absolute atomic E-state index is 0.122. The molecule has 7 nitrogen and oxygen atoms in total. The molecule has 0 aliphatic rings. The van der Waals surface area contributed by atoms with Crippen LogP contribution < -0.4 is 14.8 Å². The maximum Gasteiger partial charge on any atom is 0.306 e. The van der Waals surface area contributed by atoms with Crippen LogP contribution in [0.1, 0.15) is 24.5 Å². The van der Waals surface area contributed by atoms with E-state index < -0.39 is 18.0 Å². The lowest BCUT2D eigenvalue weighted by molar-refractivity contribution is -0.153. The number of nitrogens with zero attached hydrogens (tertiary/aromatic N) is 1. The van der Waals surface area contributed by atoms with Crippen molar-refractivity contribution >= 4 is 17.6 Å². The molecule has 146 valence electrons. The summed E-state index contributed by atoms with van der Waals surface area (Å²) >= 11 is 0. The number of anilines is 1. The molecule has 2 rings (SSSR count). The second kappa shape index (κ2) is 9.97. The first-order chi connectivity index (χ1) is 13.5. The molecule has 0 fully saturated rings. The van der Waals surface area contributed by atoms with Crippen LogP contribution in [-0.4, -0.2) is 32.2 Å². The van der Waals surface area contributed by atoms with Crippen LogP contribution in [0.25, 0.3) is 0 Å². The molecule has 0 aromatic heterocycles. The number of esters is 1. The summed E-state index contributed by atoms with van der Waals surface area (Å²) in [5, 5.41) is 11.5. The molecule has 0 unspecified atom stereocenters. The summed E-state index contributed by atoms with van der Waals surface area (Å²) in [6.07, 6.45) is -0.391. The predicted molar refractivity (Wildman–Crippen MR) is 103 cm³/mol. The number of methoxy groups -OCH3 is 2. The number of hydrogen-bond donors (Lipinski definition) is 1. The van der Waals surface area contributed by atoms with Gasteiger partial charge in [0, 0.05) is 12.1 Å². The van der Waals surface area contributed by atoms with E-state index in [1.807, 2.05) is 12.1 Å². The van der Waals surface area contributed by atoms with Gasteiger partial charge in [-0.2, -0.15) is 5.26 Å². The number of aryl methyl sites for hydroxylation is 1. The van der Waals surface area contributed by atoms with E-state index in [1.165, 1.54) is 6.92 Å². The van der Waals surface area contributed by atoms with Crippen molar-refractivity contribution in [3.8, 4) is 17.6 Å². The van der Waals surface area contributed by atoms with Gasteiger partial charge >= 0.3 is 5.97 Å². The lowest BCUT2D eigenvalue weighted by Gasteiger charge is -2.14. The van der Waals surface area contributed by atoms with Crippen LogP contribution in [0.15, 0.2) is 42.5 Å². The highest BCUT2D eigenvalue weighted by atomic mass is 16.5. The van der Waals surface area contributed by atoms with Gasteiger partial charge < -0.3 is 19.5 Å². The van der Waals surface area contributed by atoms with E-state index >= 15 is 0 Å². The van der Waals surface area contributed by atoms with Gasteiger partial charge in [-0.1, -0.05) is 12.1 Å². The zero-order valence-corrected chi connectivity index (χ0v) is 16.0. The lowest BCUT2D eigenvalue weighted by Crippen LogP contribution is -2.30. The summed E-state index contributed by atoms with van der Waals surface area (Å²) in [6.45, 7) is 1.50. The maximum absolute atomic E-state index is 12.2. The second-order valence-corrected chi connectivity index (χ2v) is 6.00. The number of carbonyl (C=O) groups is 2. The number of amides is 1. The van der Waals surface area contributed by atoms with Gasteiger partial charge in [0.2, 0.25) is 0 Å². The molecule has 0 bridgehead atoms. The molecule has 0 radical (unpaired) electrons. The average molecular weight is 382 g/mol. The van der Waals surface area contributed by atoms with Crippen molar-refractivity contribution in [1.82, 2.24) is 0 Å². The summed E-state index contributed by atoms with van der Waals surface area (Å²) in [6, 6.07) is 13.9. The van der Waals surface area contributed by atoms with E-state index in [-0.39, 0.29) is 6.42 Å². The number of hydrogen-bond acceptors (Lipinski definition) is 6. The van der Waals surface area contributed by atoms with Gasteiger partial charge in [0.15, 0.2) is 17.6 Å². The minimum atomic E-state index is -0.955. The molecule has 0 spiro atoms. The summed E-state index contributed by atoms with van der Waals surface area (Å²) in [7, 11) is 3.10. The van der Waals surface area contributed by atoms with Gasteiger partial charge in [-0.25, -0.2) is 0 Å². The van der Waals surface area contributed by atoms with E-state index in [0.29, 0.717) is 29.2 Å². The fourth-order valence-corrected chi connectivity index (χ4v) is 2.50. The van der Waals surface area contributed by atoms with Crippen molar-refractivity contribution in [2.75, 3.05) is 19.5 Å². The molecular weight excluding hydrogens is 360 g/mol. The smallest absolute Gasteiger partial charge is 0.306 e. The van der Waals surface area contributed by atoms with Crippen LogP contribution in [-0.2, 0) is 20.7 Å². The zero-order valence-electron chi connectivity index (χ0n) is 16.0. The van der Waals surface area contributed by atoms with Gasteiger partial charge in [-0.3, -0.25) is 9.59 Å². The molecule has 0 aliphatic carbocycles. The summed E-state index contributed by atoms with van der Waals surface area (Å²) in [5.74, 6) is 0.248. The fourth-order valence-electron chi connectivity index (χ4n) is 2.50. The molecule has 0 heterocycles. The van der Waals surface area contributed by atoms with Crippen molar-refractivity contribution in [3.05, 3.63) is 53.6 Å². The predicted octanol–water partition coefficient (Wildman–Crippen LogP) is 3.08. The SMILES string of the molecule is COc1ccc(CCC(=O)O[C@H](C)C(=O)Nc2cccc(C#N)c2)cc1OC. The molecule has 2 aromatic rings. The third-order valence-electron chi connectivity index (χ3n) is 4.00. The third kappa shape index (κ3) is 5.74. The Morgan fingerprint density at radius 1 is 1.11 bits per heavy atom. The standard InChI is InChI=1S/C21H22N2O5/c1-14(21(25)23-17-6-4-5-16(11-17)13-22)28-20(24)10-8-15-7-9-18(26-2)19(12-15)27-3/h4-7,9,11-12,14H,8,10H2,1-3H3,(H,23,25)/t14-/m1/s1. The first-order valence-electron chi connectivity index (χ1n) is 8.68. The van der Waals surface area contributed by atoms with Crippen molar-refractivity contribution in [3.63, 3.8) is 0 Å². The van der Waals surface area contributed by atoms with Crippen LogP contribution in [0.4, 0.5) is 5.69 Å². The summed E-state index contributed by atoms with van der Waals surface area (Å²) in [5.41, 5.74) is 1.79. The number of nitrogens with one attached hydrogen (secondary N) is 1. The Labute approximate surface area is 163 Å². The molecule has 1 amide bonds. The number of ether oxygens (including phenoxy) is 3. The normalized spacial score (nSPS) is 11.1. The van der Waals surface area contributed by atoms with Gasteiger partial charge in [0.05, 0.1) is 25.9 Å². The van der Waals surface area contributed by atoms with Crippen LogP contribution in [0, 0.1) is 11.3 Å². The van der Waals surface area contributed by atoms with Crippen LogP contribution >= 0.6 is 0 Å². The maximum atomic E-state index is 12.2. The Hall–Kier alpha value is -3.53. The third-order valence-corrected chi connectivity index (χ3v) is 4.00. The van der Waals surface area contributed by atoms with Crippen molar-refractivity contribution in [2.24, 2.45) is 0 Å². The summed E-state index contributed by atoms with van der Waals surface area (Å²) in [4.78, 5) is 24.2. The number of benzene rings is 2. The van der Waals surface area contributed by atoms with Gasteiger partial charge in [0.25, 0.3) is 5.91 Å². The second-order valence-electron chi connectivity index (χ2n) is 6.00. The molecule has 1 N–H and O–H groups in total. The fraction of sp³-hybridized carbons (Fsp3) is 0.286. The van der Waals surface area contributed by atoms with E-state index in [1.54, 1.807) is 50.6 Å². The molecular formula is C21H22N2O5. The molecule has 0 aliphatic heterocycles. The highest BCUT2D eigenvalue weighted by molar-refractivity contribution is 5.95. The van der Waals surface area contributed by atoms with E-state index in [0.717, 1.165) is 5.56 Å². The quantitative estimate of drug-likeness (QED) is 0.705. The monoisotopic (exact) mass is 382 g/mol. The Kier molecular flexibility index (Phi) is 7.40. The lowest BCUT2D eigenvalue weighted by atomic mass is 10.1. The molecule has 1 atom stereocenters. The molecule has 7 heteroatoms. The topological polar surface area (TPSA) is 97.6 Å². The number of nitriles is 1. The van der Waals surface area contributed by atoms with E-state index in [9.17, 15) is 9.59 Å². The largest absolute Gasteiger partial charge is 0.493 e. The zero-order chi connectivity index (χ0) is 20.5. The highest BCUT2D eigenvalue weighted by Crippen LogP contribution is 2.28. The van der Waals surface area contributed by atoms with E-state index in [2.05, 4.69) is 5.32 Å². The Bertz CT molecular complexity index is 889. The van der Waals surface area contributed by atoms with Gasteiger partial charge in [-0.15, -0.1) is 0 Å². The Morgan fingerprint density at radius 3 is 2.54 bits per heavy atom. The molecule has 0 saturated heterocycles. The number of rotatable bonds is 8. The van der Waals surface area contributed by atoms with Crippen molar-refractivity contribution < 1.29 is 23.8 Å². The molecule has 2 aromatic carbocycles. The highest BCUT2D eigenvalue weighted by Gasteiger charge is 2.18. The van der Waals surface area contributed by atoms with Crippen molar-refractivity contribution in [1.29, 1.82) is 5.26 Å². The minimum Gasteiger partial charge on any atom is -0.493 e. The first kappa shape index (κ1) is 20.8. The number of carbonyl (C=O) groups excluding carboxylic acids is 2. The van der Waals surface area contributed by atoms with Crippen LogP contribution in [0.3, 0.4) is 0 Å². The van der Waals surface area contributed by atoms with Gasteiger partial charge in [-0.05, 0) is 49.2 Å². The Morgan fingerprint density at radius 2 is 1.86 bits per heavy atom. The summed E-state index contributed by atoms with van der Waals surface area (Å²) < 4.78 is 15.6. The van der Waals surface area contributed by atoms with Crippen LogP contribution in [0.2, 0.25) is 0 Å². The average Bonchev–Trinajstić information content (AvgIpc) is 2.71.